The molecule has 0 unspecified atom stereocenters. The molecule has 1 heterocycles. The molecule has 124 valence electrons. The molecule has 2 rings (SSSR count). The lowest BCUT2D eigenvalue weighted by atomic mass is 10.1. The minimum atomic E-state index is -3.10. The van der Waals surface area contributed by atoms with Gasteiger partial charge in [0.1, 0.15) is 0 Å². The Morgan fingerprint density at radius 2 is 2.23 bits per heavy atom. The minimum Gasteiger partial charge on any atom is -0.494 e. The summed E-state index contributed by atoms with van der Waals surface area (Å²) in [6.45, 7) is 3.80. The number of ether oxygens (including phenoxy) is 1. The fraction of sp³-hybridized carbons (Fsp3) is 0.600. The Bertz CT molecular complexity index is 621. The van der Waals surface area contributed by atoms with Crippen molar-refractivity contribution in [3.63, 3.8) is 0 Å². The Morgan fingerprint density at radius 1 is 1.50 bits per heavy atom. The number of sulfonamides is 1. The van der Waals surface area contributed by atoms with Gasteiger partial charge >= 0.3 is 0 Å². The molecule has 0 radical (unpaired) electrons. The molecular weight excluding hydrogens is 307 g/mol. The number of rotatable bonds is 6. The van der Waals surface area contributed by atoms with E-state index in [1.165, 1.54) is 23.7 Å². The highest BCUT2D eigenvalue weighted by molar-refractivity contribution is 7.88. The first kappa shape index (κ1) is 17.2. The van der Waals surface area contributed by atoms with Gasteiger partial charge in [-0.1, -0.05) is 6.07 Å². The Hall–Kier alpha value is -1.18. The summed E-state index contributed by atoms with van der Waals surface area (Å²) in [5.74, 6) is 0.147. The van der Waals surface area contributed by atoms with Gasteiger partial charge in [0, 0.05) is 19.1 Å². The largest absolute Gasteiger partial charge is 0.494 e. The molecule has 0 aliphatic carbocycles. The van der Waals surface area contributed by atoms with Crippen molar-refractivity contribution in [1.29, 1.82) is 0 Å². The maximum absolute atomic E-state index is 13.7. The van der Waals surface area contributed by atoms with E-state index in [-0.39, 0.29) is 17.6 Å². The Morgan fingerprint density at radius 3 is 2.77 bits per heavy atom. The standard InChI is InChI=1S/C15H23FN2O3S/c1-11(13-4-5-15(21-2)14(16)8-13)17-9-12-6-7-18(10-12)22(3,19)20/h4-5,8,11-12,17H,6-7,9-10H2,1-3H3/t11-,12+/m1/s1. The number of halogens is 1. The van der Waals surface area contributed by atoms with Gasteiger partial charge in [0.2, 0.25) is 10.0 Å². The summed E-state index contributed by atoms with van der Waals surface area (Å²) < 4.78 is 43.1. The van der Waals surface area contributed by atoms with Crippen LogP contribution in [0.2, 0.25) is 0 Å². The average Bonchev–Trinajstić information content (AvgIpc) is 2.93. The monoisotopic (exact) mass is 330 g/mol. The van der Waals surface area contributed by atoms with Crippen LogP contribution in [0.3, 0.4) is 0 Å². The van der Waals surface area contributed by atoms with E-state index in [0.29, 0.717) is 25.6 Å². The molecule has 1 saturated heterocycles. The van der Waals surface area contributed by atoms with Crippen LogP contribution in [0, 0.1) is 11.7 Å². The number of methoxy groups -OCH3 is 1. The second-order valence-corrected chi connectivity index (χ2v) is 7.78. The van der Waals surface area contributed by atoms with Crippen molar-refractivity contribution in [2.45, 2.75) is 19.4 Å². The van der Waals surface area contributed by atoms with Crippen molar-refractivity contribution in [2.24, 2.45) is 5.92 Å². The summed E-state index contributed by atoms with van der Waals surface area (Å²) in [6.07, 6.45) is 2.09. The van der Waals surface area contributed by atoms with E-state index in [2.05, 4.69) is 5.32 Å². The lowest BCUT2D eigenvalue weighted by molar-refractivity contribution is 0.385. The Labute approximate surface area is 131 Å². The fourth-order valence-corrected chi connectivity index (χ4v) is 3.60. The van der Waals surface area contributed by atoms with Gasteiger partial charge in [0.25, 0.3) is 0 Å². The summed E-state index contributed by atoms with van der Waals surface area (Å²) in [5.41, 5.74) is 0.844. The van der Waals surface area contributed by atoms with E-state index in [0.717, 1.165) is 12.0 Å². The molecule has 1 aliphatic rings. The minimum absolute atomic E-state index is 0.00677. The highest BCUT2D eigenvalue weighted by Gasteiger charge is 2.28. The van der Waals surface area contributed by atoms with E-state index in [1.54, 1.807) is 6.07 Å². The normalized spacial score (nSPS) is 21.0. The molecule has 0 saturated carbocycles. The molecule has 1 aromatic rings. The van der Waals surface area contributed by atoms with Crippen LogP contribution in [0.4, 0.5) is 4.39 Å². The summed E-state index contributed by atoms with van der Waals surface area (Å²) >= 11 is 0. The maximum atomic E-state index is 13.7. The van der Waals surface area contributed by atoms with Crippen LogP contribution >= 0.6 is 0 Å². The van der Waals surface area contributed by atoms with Gasteiger partial charge in [0.15, 0.2) is 11.6 Å². The molecule has 22 heavy (non-hydrogen) atoms. The molecule has 1 N–H and O–H groups in total. The quantitative estimate of drug-likeness (QED) is 0.864. The van der Waals surface area contributed by atoms with Crippen molar-refractivity contribution in [1.82, 2.24) is 9.62 Å². The first-order chi connectivity index (χ1) is 10.3. The van der Waals surface area contributed by atoms with Crippen molar-refractivity contribution < 1.29 is 17.5 Å². The number of hydrogen-bond acceptors (Lipinski definition) is 4. The summed E-state index contributed by atoms with van der Waals surface area (Å²) in [6, 6.07) is 4.90. The summed E-state index contributed by atoms with van der Waals surface area (Å²) in [4.78, 5) is 0. The van der Waals surface area contributed by atoms with Crippen molar-refractivity contribution in [3.8, 4) is 5.75 Å². The SMILES string of the molecule is COc1ccc([C@@H](C)NC[C@@H]2CCN(S(C)(=O)=O)C2)cc1F. The van der Waals surface area contributed by atoms with E-state index in [4.69, 9.17) is 4.74 Å². The summed E-state index contributed by atoms with van der Waals surface area (Å²) in [5, 5.41) is 3.35. The van der Waals surface area contributed by atoms with Gasteiger partial charge in [-0.05, 0) is 43.5 Å². The highest BCUT2D eigenvalue weighted by Crippen LogP contribution is 2.23. The second kappa shape index (κ2) is 6.93. The molecule has 0 amide bonds. The molecule has 5 nitrogen and oxygen atoms in total. The van der Waals surface area contributed by atoms with Crippen molar-refractivity contribution >= 4 is 10.0 Å². The van der Waals surface area contributed by atoms with Gasteiger partial charge in [-0.3, -0.25) is 0 Å². The molecule has 2 atom stereocenters. The van der Waals surface area contributed by atoms with Gasteiger partial charge in [0.05, 0.1) is 13.4 Å². The van der Waals surface area contributed by atoms with Crippen molar-refractivity contribution in [2.75, 3.05) is 33.0 Å². The molecule has 7 heteroatoms. The second-order valence-electron chi connectivity index (χ2n) is 5.80. The molecular formula is C15H23FN2O3S. The Balaban J connectivity index is 1.88. The lowest BCUT2D eigenvalue weighted by Gasteiger charge is -2.18. The molecule has 0 aromatic heterocycles. The average molecular weight is 330 g/mol. The topological polar surface area (TPSA) is 58.6 Å². The predicted molar refractivity (Wildman–Crippen MR) is 83.9 cm³/mol. The van der Waals surface area contributed by atoms with E-state index in [1.807, 2.05) is 13.0 Å². The van der Waals surface area contributed by atoms with Crippen LogP contribution < -0.4 is 10.1 Å². The van der Waals surface area contributed by atoms with E-state index >= 15 is 0 Å². The number of benzene rings is 1. The number of nitrogens with one attached hydrogen (secondary N) is 1. The molecule has 1 fully saturated rings. The van der Waals surface area contributed by atoms with Crippen LogP contribution in [0.1, 0.15) is 24.9 Å². The highest BCUT2D eigenvalue weighted by atomic mass is 32.2. The summed E-state index contributed by atoms with van der Waals surface area (Å²) in [7, 11) is -1.66. The van der Waals surface area contributed by atoms with Gasteiger partial charge in [-0.25, -0.2) is 17.1 Å². The van der Waals surface area contributed by atoms with E-state index in [9.17, 15) is 12.8 Å². The predicted octanol–water partition coefficient (Wildman–Crippen LogP) is 1.77. The van der Waals surface area contributed by atoms with Crippen LogP contribution in [0.15, 0.2) is 18.2 Å². The molecule has 1 aromatic carbocycles. The number of nitrogens with zero attached hydrogens (tertiary/aromatic N) is 1. The zero-order chi connectivity index (χ0) is 16.3. The van der Waals surface area contributed by atoms with Crippen LogP contribution in [0.5, 0.6) is 5.75 Å². The third-order valence-corrected chi connectivity index (χ3v) is 5.38. The first-order valence-electron chi connectivity index (χ1n) is 7.33. The van der Waals surface area contributed by atoms with Gasteiger partial charge in [-0.15, -0.1) is 0 Å². The van der Waals surface area contributed by atoms with Crippen LogP contribution in [-0.2, 0) is 10.0 Å². The first-order valence-corrected chi connectivity index (χ1v) is 9.18. The third-order valence-electron chi connectivity index (χ3n) is 4.11. The van der Waals surface area contributed by atoms with Crippen LogP contribution in [-0.4, -0.2) is 45.7 Å². The van der Waals surface area contributed by atoms with Crippen LogP contribution in [0.25, 0.3) is 0 Å². The molecule has 0 bridgehead atoms. The smallest absolute Gasteiger partial charge is 0.211 e. The molecule has 1 aliphatic heterocycles. The van der Waals surface area contributed by atoms with Gasteiger partial charge < -0.3 is 10.1 Å². The zero-order valence-electron chi connectivity index (χ0n) is 13.2. The Kier molecular flexibility index (Phi) is 5.41. The lowest BCUT2D eigenvalue weighted by Crippen LogP contribution is -2.31. The number of hydrogen-bond donors (Lipinski definition) is 1. The fourth-order valence-electron chi connectivity index (χ4n) is 2.68. The molecule has 0 spiro atoms. The van der Waals surface area contributed by atoms with Gasteiger partial charge in [-0.2, -0.15) is 0 Å². The zero-order valence-corrected chi connectivity index (χ0v) is 14.0. The van der Waals surface area contributed by atoms with E-state index < -0.39 is 10.0 Å². The third kappa shape index (κ3) is 4.18. The van der Waals surface area contributed by atoms with Crippen molar-refractivity contribution in [3.05, 3.63) is 29.6 Å². The maximum Gasteiger partial charge on any atom is 0.211 e.